The van der Waals surface area contributed by atoms with Crippen molar-refractivity contribution in [2.24, 2.45) is 0 Å². The van der Waals surface area contributed by atoms with Gasteiger partial charge in [0.05, 0.1) is 17.2 Å². The number of hydrogen-bond acceptors (Lipinski definition) is 5. The van der Waals surface area contributed by atoms with Gasteiger partial charge in [-0.1, -0.05) is 17.3 Å². The van der Waals surface area contributed by atoms with Crippen LogP contribution in [0, 0.1) is 13.8 Å². The Kier molecular flexibility index (Phi) is 3.97. The molecule has 8 heteroatoms. The van der Waals surface area contributed by atoms with E-state index in [4.69, 9.17) is 0 Å². The van der Waals surface area contributed by atoms with Crippen molar-refractivity contribution in [1.82, 2.24) is 25.9 Å². The predicted octanol–water partition coefficient (Wildman–Crippen LogP) is 1.01. The van der Waals surface area contributed by atoms with Gasteiger partial charge >= 0.3 is 5.97 Å². The highest BCUT2D eigenvalue weighted by molar-refractivity contribution is 6.06. The van der Waals surface area contributed by atoms with Gasteiger partial charge in [-0.2, -0.15) is 5.21 Å². The fourth-order valence-electron chi connectivity index (χ4n) is 2.07. The topological polar surface area (TPSA) is 121 Å². The number of aromatic carboxylic acids is 1. The summed E-state index contributed by atoms with van der Waals surface area (Å²) in [7, 11) is 0. The number of carboxylic acid groups (broad SMARTS) is 1. The molecule has 0 saturated heterocycles. The SMILES string of the molecule is Cc1ccc(C)c(C(=O)NC(C)c2nn[nH]n2)c1C(=O)O. The second kappa shape index (κ2) is 5.70. The van der Waals surface area contributed by atoms with E-state index in [1.807, 2.05) is 0 Å². The quantitative estimate of drug-likeness (QED) is 0.772. The molecule has 8 nitrogen and oxygen atoms in total. The number of tetrazole rings is 1. The smallest absolute Gasteiger partial charge is 0.336 e. The molecule has 0 spiro atoms. The highest BCUT2D eigenvalue weighted by atomic mass is 16.4. The first-order valence-corrected chi connectivity index (χ1v) is 6.29. The van der Waals surface area contributed by atoms with Crippen LogP contribution in [0.1, 0.15) is 50.6 Å². The number of hydrogen-bond donors (Lipinski definition) is 3. The number of nitrogens with zero attached hydrogens (tertiary/aromatic N) is 3. The Hall–Kier alpha value is -2.77. The molecule has 1 aromatic heterocycles. The Balaban J connectivity index is 2.35. The molecule has 1 amide bonds. The van der Waals surface area contributed by atoms with Crippen LogP contribution in [-0.4, -0.2) is 37.6 Å². The predicted molar refractivity (Wildman–Crippen MR) is 72.9 cm³/mol. The summed E-state index contributed by atoms with van der Waals surface area (Å²) in [4.78, 5) is 23.8. The second-order valence-electron chi connectivity index (χ2n) is 4.72. The number of carbonyl (C=O) groups excluding carboxylic acids is 1. The summed E-state index contributed by atoms with van der Waals surface area (Å²) >= 11 is 0. The molecule has 0 radical (unpaired) electrons. The van der Waals surface area contributed by atoms with Crippen LogP contribution >= 0.6 is 0 Å². The molecular weight excluding hydrogens is 274 g/mol. The average Bonchev–Trinajstić information content (AvgIpc) is 2.94. The molecule has 2 rings (SSSR count). The van der Waals surface area contributed by atoms with Crippen LogP contribution in [0.15, 0.2) is 12.1 Å². The summed E-state index contributed by atoms with van der Waals surface area (Å²) in [6.45, 7) is 5.04. The Labute approximate surface area is 120 Å². The zero-order chi connectivity index (χ0) is 15.6. The monoisotopic (exact) mass is 289 g/mol. The lowest BCUT2D eigenvalue weighted by molar-refractivity contribution is 0.0689. The lowest BCUT2D eigenvalue weighted by atomic mass is 9.96. The van der Waals surface area contributed by atoms with Gasteiger partial charge in [0.2, 0.25) is 0 Å². The van der Waals surface area contributed by atoms with Gasteiger partial charge in [-0.3, -0.25) is 4.79 Å². The van der Waals surface area contributed by atoms with Gasteiger partial charge in [-0.05, 0) is 31.9 Å². The van der Waals surface area contributed by atoms with Crippen LogP contribution in [0.4, 0.5) is 0 Å². The lowest BCUT2D eigenvalue weighted by Gasteiger charge is -2.15. The number of amides is 1. The largest absolute Gasteiger partial charge is 0.478 e. The van der Waals surface area contributed by atoms with Crippen LogP contribution in [0.3, 0.4) is 0 Å². The second-order valence-corrected chi connectivity index (χ2v) is 4.72. The number of carboxylic acids is 1. The van der Waals surface area contributed by atoms with E-state index in [9.17, 15) is 14.7 Å². The third-order valence-corrected chi connectivity index (χ3v) is 3.16. The first-order chi connectivity index (χ1) is 9.91. The number of benzene rings is 1. The van der Waals surface area contributed by atoms with Crippen LogP contribution in [0.25, 0.3) is 0 Å². The van der Waals surface area contributed by atoms with E-state index < -0.39 is 17.9 Å². The van der Waals surface area contributed by atoms with Crippen molar-refractivity contribution in [1.29, 1.82) is 0 Å². The molecular formula is C13H15N5O3. The molecule has 0 aliphatic carbocycles. The van der Waals surface area contributed by atoms with E-state index in [1.165, 1.54) is 0 Å². The summed E-state index contributed by atoms with van der Waals surface area (Å²) in [6.07, 6.45) is 0. The number of aromatic nitrogens is 4. The van der Waals surface area contributed by atoms with Gasteiger partial charge in [0.1, 0.15) is 0 Å². The Morgan fingerprint density at radius 2 is 1.86 bits per heavy atom. The fraction of sp³-hybridized carbons (Fsp3) is 0.308. The third-order valence-electron chi connectivity index (χ3n) is 3.16. The third kappa shape index (κ3) is 2.88. The van der Waals surface area contributed by atoms with Gasteiger partial charge in [0.25, 0.3) is 5.91 Å². The van der Waals surface area contributed by atoms with Crippen LogP contribution < -0.4 is 5.32 Å². The van der Waals surface area contributed by atoms with E-state index in [0.717, 1.165) is 0 Å². The van der Waals surface area contributed by atoms with E-state index in [2.05, 4.69) is 25.9 Å². The van der Waals surface area contributed by atoms with Gasteiger partial charge < -0.3 is 10.4 Å². The highest BCUT2D eigenvalue weighted by Gasteiger charge is 2.23. The maximum Gasteiger partial charge on any atom is 0.336 e. The van der Waals surface area contributed by atoms with E-state index in [-0.39, 0.29) is 11.1 Å². The highest BCUT2D eigenvalue weighted by Crippen LogP contribution is 2.20. The van der Waals surface area contributed by atoms with Crippen molar-refractivity contribution in [3.8, 4) is 0 Å². The molecule has 1 unspecified atom stereocenters. The van der Waals surface area contributed by atoms with E-state index in [1.54, 1.807) is 32.9 Å². The Morgan fingerprint density at radius 3 is 2.38 bits per heavy atom. The average molecular weight is 289 g/mol. The van der Waals surface area contributed by atoms with Crippen LogP contribution in [0.5, 0.6) is 0 Å². The van der Waals surface area contributed by atoms with Crippen molar-refractivity contribution in [3.05, 3.63) is 40.2 Å². The molecule has 2 aromatic rings. The van der Waals surface area contributed by atoms with E-state index in [0.29, 0.717) is 17.0 Å². The molecule has 0 fully saturated rings. The molecule has 0 aliphatic rings. The maximum absolute atomic E-state index is 12.4. The number of aryl methyl sites for hydroxylation is 2. The number of rotatable bonds is 4. The zero-order valence-electron chi connectivity index (χ0n) is 11.8. The van der Waals surface area contributed by atoms with E-state index >= 15 is 0 Å². The fourth-order valence-corrected chi connectivity index (χ4v) is 2.07. The van der Waals surface area contributed by atoms with Crippen molar-refractivity contribution in [3.63, 3.8) is 0 Å². The molecule has 3 N–H and O–H groups in total. The summed E-state index contributed by atoms with van der Waals surface area (Å²) in [6, 6.07) is 2.91. The molecule has 1 aromatic carbocycles. The molecule has 21 heavy (non-hydrogen) atoms. The molecule has 110 valence electrons. The van der Waals surface area contributed by atoms with Crippen molar-refractivity contribution >= 4 is 11.9 Å². The molecule has 0 aliphatic heterocycles. The lowest BCUT2D eigenvalue weighted by Crippen LogP contribution is -2.30. The van der Waals surface area contributed by atoms with Crippen LogP contribution in [0.2, 0.25) is 0 Å². The number of carbonyl (C=O) groups is 2. The normalized spacial score (nSPS) is 12.0. The summed E-state index contributed by atoms with van der Waals surface area (Å²) in [5.74, 6) is -1.29. The van der Waals surface area contributed by atoms with Gasteiger partial charge in [0, 0.05) is 0 Å². The molecule has 1 heterocycles. The zero-order valence-corrected chi connectivity index (χ0v) is 11.8. The molecule has 0 bridgehead atoms. The van der Waals surface area contributed by atoms with Crippen molar-refractivity contribution < 1.29 is 14.7 Å². The first-order valence-electron chi connectivity index (χ1n) is 6.29. The summed E-state index contributed by atoms with van der Waals surface area (Å²) < 4.78 is 0. The standard InChI is InChI=1S/C13H15N5O3/c1-6-4-5-7(2)10(13(20)21)9(6)12(19)14-8(3)11-15-17-18-16-11/h4-5,8H,1-3H3,(H,14,19)(H,20,21)(H,15,16,17,18). The minimum atomic E-state index is -1.13. The number of H-pyrrole nitrogens is 1. The minimum Gasteiger partial charge on any atom is -0.478 e. The minimum absolute atomic E-state index is 0.00723. The van der Waals surface area contributed by atoms with Crippen LogP contribution in [-0.2, 0) is 0 Å². The molecule has 0 saturated carbocycles. The Morgan fingerprint density at radius 1 is 1.24 bits per heavy atom. The van der Waals surface area contributed by atoms with Gasteiger partial charge in [-0.25, -0.2) is 4.79 Å². The molecule has 1 atom stereocenters. The number of aromatic amines is 1. The van der Waals surface area contributed by atoms with Crippen molar-refractivity contribution in [2.75, 3.05) is 0 Å². The Bertz CT molecular complexity index is 681. The van der Waals surface area contributed by atoms with Gasteiger partial charge in [-0.15, -0.1) is 10.2 Å². The van der Waals surface area contributed by atoms with Crippen molar-refractivity contribution in [2.45, 2.75) is 26.8 Å². The maximum atomic E-state index is 12.4. The summed E-state index contributed by atoms with van der Waals surface area (Å²) in [5, 5.41) is 25.3. The van der Waals surface area contributed by atoms with Gasteiger partial charge in [0.15, 0.2) is 5.82 Å². The number of nitrogens with one attached hydrogen (secondary N) is 2. The first kappa shape index (κ1) is 14.6. The summed E-state index contributed by atoms with van der Waals surface area (Å²) in [5.41, 5.74) is 1.28.